The summed E-state index contributed by atoms with van der Waals surface area (Å²) in [7, 11) is 5.43. The number of carbonyl (C=O) groups excluding carboxylic acids is 3. The number of benzene rings is 2. The molecule has 3 aromatic rings. The summed E-state index contributed by atoms with van der Waals surface area (Å²) in [6, 6.07) is 12.0. The summed E-state index contributed by atoms with van der Waals surface area (Å²) < 4.78 is 13.4. The van der Waals surface area contributed by atoms with E-state index in [1.54, 1.807) is 31.4 Å². The number of carboxylic acids is 1. The van der Waals surface area contributed by atoms with Crippen molar-refractivity contribution in [2.45, 2.75) is 46.0 Å². The molecule has 11 heteroatoms. The molecule has 0 N–H and O–H groups in total. The molecule has 0 saturated heterocycles. The fourth-order valence-corrected chi connectivity index (χ4v) is 4.83. The van der Waals surface area contributed by atoms with E-state index in [1.807, 2.05) is 45.0 Å². The molecule has 1 aliphatic rings. The number of nitrogens with zero attached hydrogens (tertiary/aromatic N) is 4. The molecule has 43 heavy (non-hydrogen) atoms. The van der Waals surface area contributed by atoms with Gasteiger partial charge in [0.25, 0.3) is 5.91 Å². The first-order valence-electron chi connectivity index (χ1n) is 14.2. The van der Waals surface area contributed by atoms with Gasteiger partial charge in [-0.2, -0.15) is 5.10 Å². The molecule has 0 aliphatic heterocycles. The smallest absolute Gasteiger partial charge is 0.543 e. The summed E-state index contributed by atoms with van der Waals surface area (Å²) in [5.74, 6) is -0.634. The molecular weight excluding hydrogens is 575 g/mol. The van der Waals surface area contributed by atoms with Crippen LogP contribution in [0.3, 0.4) is 0 Å². The Balaban J connectivity index is 0.00000506. The minimum Gasteiger partial charge on any atom is -0.543 e. The Hall–Kier alpha value is -2.54. The van der Waals surface area contributed by atoms with Crippen LogP contribution >= 0.6 is 0 Å². The molecule has 0 atom stereocenters. The van der Waals surface area contributed by atoms with Gasteiger partial charge in [-0.05, 0) is 93.7 Å². The van der Waals surface area contributed by atoms with Gasteiger partial charge in [-0.15, -0.1) is 0 Å². The van der Waals surface area contributed by atoms with Gasteiger partial charge in [-0.3, -0.25) is 14.5 Å². The predicted molar refractivity (Wildman–Crippen MR) is 157 cm³/mol. The molecule has 1 aliphatic carbocycles. The molecule has 1 fully saturated rings. The Morgan fingerprint density at radius 2 is 1.77 bits per heavy atom. The van der Waals surface area contributed by atoms with Gasteiger partial charge < -0.3 is 24.3 Å². The zero-order chi connectivity index (χ0) is 30.6. The number of hydrogen-bond donors (Lipinski definition) is 0. The number of methoxy groups -OCH3 is 1. The fraction of sp³-hybridized carbons (Fsp3) is 0.438. The maximum atomic E-state index is 13.5. The molecule has 224 valence electrons. The first-order chi connectivity index (χ1) is 20.0. The molecule has 0 spiro atoms. The van der Waals surface area contributed by atoms with Crippen LogP contribution in [0.15, 0.2) is 42.5 Å². The van der Waals surface area contributed by atoms with Crippen molar-refractivity contribution in [2.75, 3.05) is 40.9 Å². The first-order valence-corrected chi connectivity index (χ1v) is 14.2. The number of aromatic carboxylic acids is 1. The third-order valence-electron chi connectivity index (χ3n) is 7.29. The number of carboxylic acid groups (broad SMARTS) is 1. The number of carbonyl (C=O) groups is 3. The third-order valence-corrected chi connectivity index (χ3v) is 7.29. The normalized spacial score (nSPS) is 12.7. The van der Waals surface area contributed by atoms with E-state index in [2.05, 4.69) is 5.10 Å². The Kier molecular flexibility index (Phi) is 12.6. The van der Waals surface area contributed by atoms with Crippen LogP contribution in [-0.2, 0) is 4.79 Å². The molecule has 1 aromatic heterocycles. The molecule has 0 radical (unpaired) electrons. The minimum absolute atomic E-state index is 0. The van der Waals surface area contributed by atoms with Gasteiger partial charge in [-0.25, -0.2) is 4.68 Å². The maximum absolute atomic E-state index is 13.5. The fourth-order valence-electron chi connectivity index (χ4n) is 4.83. The Morgan fingerprint density at radius 1 is 1.07 bits per heavy atom. The van der Waals surface area contributed by atoms with E-state index >= 15 is 0 Å². The van der Waals surface area contributed by atoms with Crippen molar-refractivity contribution in [1.82, 2.24) is 19.6 Å². The van der Waals surface area contributed by atoms with E-state index in [9.17, 15) is 19.5 Å². The summed E-state index contributed by atoms with van der Waals surface area (Å²) >= 11 is 0. The van der Waals surface area contributed by atoms with Crippen molar-refractivity contribution >= 4 is 17.8 Å². The number of ether oxygens (including phenoxy) is 2. The first kappa shape index (κ1) is 34.9. The molecule has 1 heterocycles. The zero-order valence-electron chi connectivity index (χ0n) is 26.2. The summed E-state index contributed by atoms with van der Waals surface area (Å²) in [5, 5.41) is 16.4. The predicted octanol–water partition coefficient (Wildman–Crippen LogP) is 0.768. The van der Waals surface area contributed by atoms with Crippen LogP contribution in [0, 0.1) is 5.92 Å². The largest absolute Gasteiger partial charge is 1.00 e. The topological polar surface area (TPSA) is 117 Å². The number of aromatic nitrogens is 2. The summed E-state index contributed by atoms with van der Waals surface area (Å²) in [6.07, 6.45) is 2.89. The van der Waals surface area contributed by atoms with E-state index in [0.29, 0.717) is 59.5 Å². The Morgan fingerprint density at radius 3 is 2.35 bits per heavy atom. The zero-order valence-corrected chi connectivity index (χ0v) is 29.3. The molecule has 2 aromatic carbocycles. The molecule has 1 saturated carbocycles. The van der Waals surface area contributed by atoms with Gasteiger partial charge >= 0.3 is 51.4 Å². The molecule has 0 bridgehead atoms. The van der Waals surface area contributed by atoms with Crippen molar-refractivity contribution < 1.29 is 80.3 Å². The van der Waals surface area contributed by atoms with E-state index in [0.717, 1.165) is 24.9 Å². The second kappa shape index (κ2) is 15.4. The van der Waals surface area contributed by atoms with Crippen LogP contribution in [0.4, 0.5) is 0 Å². The van der Waals surface area contributed by atoms with Crippen molar-refractivity contribution in [3.63, 3.8) is 0 Å². The standard InChI is InChI=1S/C32H40N4O6.K/c1-20(2)24-17-23(31(38)35(21(3)37)16-8-15-34(4)5)13-14-26(24)36-27(18-25(33-36)32(39)40)30-28(41-6)9-7-10-29(30)42-19-22-11-12-22;/h7,9-10,13-14,17-18,20,22H,8,11-12,15-16,19H2,1-6H3,(H,39,40);/q;+1/p-1. The summed E-state index contributed by atoms with van der Waals surface area (Å²) in [5.41, 5.74) is 2.48. The van der Waals surface area contributed by atoms with Crippen LogP contribution in [-0.4, -0.2) is 78.3 Å². The number of amides is 2. The number of rotatable bonds is 13. The summed E-state index contributed by atoms with van der Waals surface area (Å²) in [6.45, 7) is 6.94. The average molecular weight is 615 g/mol. The van der Waals surface area contributed by atoms with Gasteiger partial charge in [0, 0.05) is 19.0 Å². The van der Waals surface area contributed by atoms with Crippen molar-refractivity contribution in [1.29, 1.82) is 0 Å². The van der Waals surface area contributed by atoms with E-state index in [1.165, 1.54) is 22.6 Å². The second-order valence-corrected chi connectivity index (χ2v) is 11.3. The molecular formula is C32H39KN4O6. The van der Waals surface area contributed by atoms with E-state index < -0.39 is 5.97 Å². The maximum Gasteiger partial charge on any atom is 1.00 e. The summed E-state index contributed by atoms with van der Waals surface area (Å²) in [4.78, 5) is 41.1. The number of imide groups is 1. The second-order valence-electron chi connectivity index (χ2n) is 11.3. The minimum atomic E-state index is -1.42. The van der Waals surface area contributed by atoms with Crippen LogP contribution < -0.4 is 66.0 Å². The Labute approximate surface area is 295 Å². The van der Waals surface area contributed by atoms with E-state index in [-0.39, 0.29) is 74.8 Å². The third kappa shape index (κ3) is 8.55. The van der Waals surface area contributed by atoms with Crippen LogP contribution in [0.5, 0.6) is 11.5 Å². The van der Waals surface area contributed by atoms with Crippen LogP contribution in [0.1, 0.15) is 72.4 Å². The average Bonchev–Trinajstić information content (AvgIpc) is 3.68. The van der Waals surface area contributed by atoms with Gasteiger partial charge in [0.15, 0.2) is 0 Å². The van der Waals surface area contributed by atoms with Crippen LogP contribution in [0.25, 0.3) is 16.9 Å². The SMILES string of the molecule is COc1cccc(OCC2CC2)c1-c1cc(C(=O)[O-])nn1-c1ccc(C(=O)N(CCCN(C)C)C(C)=O)cc1C(C)C.[K+]. The van der Waals surface area contributed by atoms with Gasteiger partial charge in [0.2, 0.25) is 5.91 Å². The number of hydrogen-bond acceptors (Lipinski definition) is 8. The van der Waals surface area contributed by atoms with Crippen molar-refractivity contribution in [3.05, 3.63) is 59.3 Å². The van der Waals surface area contributed by atoms with E-state index in [4.69, 9.17) is 9.47 Å². The Bertz CT molecular complexity index is 1460. The van der Waals surface area contributed by atoms with Gasteiger partial charge in [0.05, 0.1) is 36.6 Å². The molecule has 0 unspecified atom stereocenters. The van der Waals surface area contributed by atoms with Crippen molar-refractivity contribution in [3.8, 4) is 28.4 Å². The quantitative estimate of drug-likeness (QED) is 0.259. The monoisotopic (exact) mass is 614 g/mol. The van der Waals surface area contributed by atoms with Gasteiger partial charge in [0.1, 0.15) is 17.2 Å². The van der Waals surface area contributed by atoms with Crippen LogP contribution in [0.2, 0.25) is 0 Å². The molecule has 2 amide bonds. The van der Waals surface area contributed by atoms with Crippen molar-refractivity contribution in [2.24, 2.45) is 5.92 Å². The molecule has 4 rings (SSSR count). The van der Waals surface area contributed by atoms with Gasteiger partial charge in [-0.1, -0.05) is 19.9 Å². The molecule has 10 nitrogen and oxygen atoms in total.